The standard InChI is InChI=1S/C16H23N5O/c1-3-4-8-14(11-22)20-16-18-12(2)17-15(21-16)19-13-9-6-5-7-10-13/h5-7,9-10,14,22H,3-4,8,11H2,1-2H3,(H2,17,18,19,20,21)/t14-/m0/s1. The van der Waals surface area contributed by atoms with Crippen LogP contribution in [-0.2, 0) is 0 Å². The lowest BCUT2D eigenvalue weighted by Gasteiger charge is -2.16. The summed E-state index contributed by atoms with van der Waals surface area (Å²) in [6.07, 6.45) is 3.03. The summed E-state index contributed by atoms with van der Waals surface area (Å²) < 4.78 is 0. The molecule has 0 aliphatic rings. The van der Waals surface area contributed by atoms with Gasteiger partial charge in [-0.25, -0.2) is 0 Å². The average Bonchev–Trinajstić information content (AvgIpc) is 2.52. The predicted molar refractivity (Wildman–Crippen MR) is 88.3 cm³/mol. The Balaban J connectivity index is 2.09. The maximum Gasteiger partial charge on any atom is 0.232 e. The number of anilines is 3. The van der Waals surface area contributed by atoms with Gasteiger partial charge in [0.05, 0.1) is 12.6 Å². The largest absolute Gasteiger partial charge is 0.394 e. The Kier molecular flexibility index (Phi) is 6.09. The van der Waals surface area contributed by atoms with E-state index < -0.39 is 0 Å². The van der Waals surface area contributed by atoms with E-state index in [1.807, 2.05) is 37.3 Å². The van der Waals surface area contributed by atoms with Crippen molar-refractivity contribution in [3.8, 4) is 0 Å². The SMILES string of the molecule is CCCC[C@@H](CO)Nc1nc(C)nc(Nc2ccccc2)n1. The highest BCUT2D eigenvalue weighted by Gasteiger charge is 2.10. The second kappa shape index (κ2) is 8.29. The minimum Gasteiger partial charge on any atom is -0.394 e. The zero-order chi connectivity index (χ0) is 15.8. The summed E-state index contributed by atoms with van der Waals surface area (Å²) in [5.41, 5.74) is 0.920. The van der Waals surface area contributed by atoms with Crippen molar-refractivity contribution in [3.63, 3.8) is 0 Å². The van der Waals surface area contributed by atoms with Gasteiger partial charge in [0.15, 0.2) is 0 Å². The molecule has 0 spiro atoms. The molecule has 1 aromatic carbocycles. The summed E-state index contributed by atoms with van der Waals surface area (Å²) in [6, 6.07) is 9.71. The third-order valence-electron chi connectivity index (χ3n) is 3.24. The number of nitrogens with one attached hydrogen (secondary N) is 2. The Morgan fingerprint density at radius 2 is 1.82 bits per heavy atom. The Hall–Kier alpha value is -2.21. The van der Waals surface area contributed by atoms with Crippen LogP contribution in [0.3, 0.4) is 0 Å². The average molecular weight is 301 g/mol. The van der Waals surface area contributed by atoms with Crippen LogP contribution in [0.5, 0.6) is 0 Å². The van der Waals surface area contributed by atoms with Crippen LogP contribution in [0.4, 0.5) is 17.6 Å². The van der Waals surface area contributed by atoms with Gasteiger partial charge >= 0.3 is 0 Å². The Bertz CT molecular complexity index is 576. The van der Waals surface area contributed by atoms with Gasteiger partial charge in [0.25, 0.3) is 0 Å². The van der Waals surface area contributed by atoms with E-state index in [1.165, 1.54) is 0 Å². The number of aliphatic hydroxyl groups excluding tert-OH is 1. The molecule has 1 atom stereocenters. The minimum atomic E-state index is -0.0358. The van der Waals surface area contributed by atoms with Crippen LogP contribution in [0.15, 0.2) is 30.3 Å². The van der Waals surface area contributed by atoms with Crippen molar-refractivity contribution in [1.82, 2.24) is 15.0 Å². The van der Waals surface area contributed by atoms with Crippen LogP contribution in [0.2, 0.25) is 0 Å². The molecule has 2 aromatic rings. The lowest BCUT2D eigenvalue weighted by molar-refractivity contribution is 0.266. The first-order chi connectivity index (χ1) is 10.7. The van der Waals surface area contributed by atoms with Crippen molar-refractivity contribution < 1.29 is 5.11 Å². The monoisotopic (exact) mass is 301 g/mol. The number of hydrogen-bond acceptors (Lipinski definition) is 6. The number of benzene rings is 1. The smallest absolute Gasteiger partial charge is 0.232 e. The van der Waals surface area contributed by atoms with E-state index in [4.69, 9.17) is 0 Å². The van der Waals surface area contributed by atoms with Crippen LogP contribution in [0, 0.1) is 6.92 Å². The van der Waals surface area contributed by atoms with Crippen molar-refractivity contribution in [3.05, 3.63) is 36.2 Å². The molecular formula is C16H23N5O. The zero-order valence-corrected chi connectivity index (χ0v) is 13.1. The molecule has 1 aromatic heterocycles. The molecule has 0 aliphatic carbocycles. The topological polar surface area (TPSA) is 83.0 Å². The van der Waals surface area contributed by atoms with E-state index >= 15 is 0 Å². The van der Waals surface area contributed by atoms with Gasteiger partial charge in [-0.05, 0) is 25.5 Å². The second-order valence-electron chi connectivity index (χ2n) is 5.19. The van der Waals surface area contributed by atoms with E-state index in [0.29, 0.717) is 17.7 Å². The molecule has 0 unspecified atom stereocenters. The van der Waals surface area contributed by atoms with Gasteiger partial charge in [0, 0.05) is 5.69 Å². The van der Waals surface area contributed by atoms with Crippen molar-refractivity contribution in [2.24, 2.45) is 0 Å². The maximum atomic E-state index is 9.44. The molecule has 6 nitrogen and oxygen atoms in total. The summed E-state index contributed by atoms with van der Waals surface area (Å²) in [6.45, 7) is 4.01. The number of aliphatic hydroxyl groups is 1. The molecule has 0 aliphatic heterocycles. The van der Waals surface area contributed by atoms with E-state index in [2.05, 4.69) is 32.5 Å². The van der Waals surface area contributed by atoms with Crippen molar-refractivity contribution in [2.45, 2.75) is 39.2 Å². The van der Waals surface area contributed by atoms with Gasteiger partial charge < -0.3 is 15.7 Å². The highest BCUT2D eigenvalue weighted by Crippen LogP contribution is 2.14. The highest BCUT2D eigenvalue weighted by molar-refractivity contribution is 5.53. The molecule has 0 saturated carbocycles. The summed E-state index contributed by atoms with van der Waals surface area (Å²) in [4.78, 5) is 12.9. The fourth-order valence-corrected chi connectivity index (χ4v) is 2.10. The maximum absolute atomic E-state index is 9.44. The van der Waals surface area contributed by atoms with Crippen LogP contribution in [0.25, 0.3) is 0 Å². The molecule has 6 heteroatoms. The lowest BCUT2D eigenvalue weighted by Crippen LogP contribution is -2.25. The third kappa shape index (κ3) is 4.96. The predicted octanol–water partition coefficient (Wildman–Crippen LogP) is 2.89. The number of hydrogen-bond donors (Lipinski definition) is 3. The molecule has 0 bridgehead atoms. The van der Waals surface area contributed by atoms with Crippen LogP contribution in [-0.4, -0.2) is 32.7 Å². The Morgan fingerprint density at radius 1 is 1.09 bits per heavy atom. The lowest BCUT2D eigenvalue weighted by atomic mass is 10.1. The number of aromatic nitrogens is 3. The Morgan fingerprint density at radius 3 is 2.50 bits per heavy atom. The van der Waals surface area contributed by atoms with Crippen LogP contribution >= 0.6 is 0 Å². The number of rotatable bonds is 8. The zero-order valence-electron chi connectivity index (χ0n) is 13.1. The molecule has 118 valence electrons. The van der Waals surface area contributed by atoms with Crippen molar-refractivity contribution in [2.75, 3.05) is 17.2 Å². The molecule has 0 amide bonds. The molecule has 3 N–H and O–H groups in total. The fourth-order valence-electron chi connectivity index (χ4n) is 2.10. The molecule has 0 radical (unpaired) electrons. The van der Waals surface area contributed by atoms with Crippen LogP contribution in [0.1, 0.15) is 32.0 Å². The summed E-state index contributed by atoms with van der Waals surface area (Å²) >= 11 is 0. The van der Waals surface area contributed by atoms with Crippen molar-refractivity contribution in [1.29, 1.82) is 0 Å². The number of aryl methyl sites for hydroxylation is 1. The normalized spacial score (nSPS) is 12.0. The summed E-state index contributed by atoms with van der Waals surface area (Å²) in [5, 5.41) is 15.8. The molecule has 0 fully saturated rings. The van der Waals surface area contributed by atoms with E-state index in [9.17, 15) is 5.11 Å². The Labute approximate surface area is 131 Å². The van der Waals surface area contributed by atoms with E-state index in [0.717, 1.165) is 24.9 Å². The highest BCUT2D eigenvalue weighted by atomic mass is 16.3. The minimum absolute atomic E-state index is 0.0358. The van der Waals surface area contributed by atoms with Crippen LogP contribution < -0.4 is 10.6 Å². The number of para-hydroxylation sites is 1. The van der Waals surface area contributed by atoms with Gasteiger partial charge in [-0.3, -0.25) is 0 Å². The van der Waals surface area contributed by atoms with E-state index in [-0.39, 0.29) is 12.6 Å². The third-order valence-corrected chi connectivity index (χ3v) is 3.24. The summed E-state index contributed by atoms with van der Waals surface area (Å²) in [5.74, 6) is 1.61. The molecule has 1 heterocycles. The number of unbranched alkanes of at least 4 members (excludes halogenated alkanes) is 1. The first-order valence-corrected chi connectivity index (χ1v) is 7.63. The molecule has 22 heavy (non-hydrogen) atoms. The van der Waals surface area contributed by atoms with E-state index in [1.54, 1.807) is 0 Å². The second-order valence-corrected chi connectivity index (χ2v) is 5.19. The molecular weight excluding hydrogens is 278 g/mol. The fraction of sp³-hybridized carbons (Fsp3) is 0.438. The van der Waals surface area contributed by atoms with Gasteiger partial charge in [0.1, 0.15) is 5.82 Å². The molecule has 2 rings (SSSR count). The van der Waals surface area contributed by atoms with Gasteiger partial charge in [0.2, 0.25) is 11.9 Å². The number of nitrogens with zero attached hydrogens (tertiary/aromatic N) is 3. The van der Waals surface area contributed by atoms with Gasteiger partial charge in [-0.1, -0.05) is 38.0 Å². The van der Waals surface area contributed by atoms with Gasteiger partial charge in [-0.2, -0.15) is 15.0 Å². The summed E-state index contributed by atoms with van der Waals surface area (Å²) in [7, 11) is 0. The quantitative estimate of drug-likeness (QED) is 0.695. The first kappa shape index (κ1) is 16.2. The van der Waals surface area contributed by atoms with Crippen molar-refractivity contribution >= 4 is 17.6 Å². The molecule has 0 saturated heterocycles. The first-order valence-electron chi connectivity index (χ1n) is 7.63. The van der Waals surface area contributed by atoms with Gasteiger partial charge in [-0.15, -0.1) is 0 Å².